The first-order valence-corrected chi connectivity index (χ1v) is 11.6. The molecule has 4 heterocycles. The van der Waals surface area contributed by atoms with Crippen molar-refractivity contribution in [3.8, 4) is 0 Å². The summed E-state index contributed by atoms with van der Waals surface area (Å²) >= 11 is 0. The summed E-state index contributed by atoms with van der Waals surface area (Å²) in [6.07, 6.45) is 0. The molecule has 0 atom stereocenters. The zero-order chi connectivity index (χ0) is 21.9. The van der Waals surface area contributed by atoms with Crippen molar-refractivity contribution in [2.45, 2.75) is 19.3 Å². The molecule has 0 saturated heterocycles. The predicted molar refractivity (Wildman–Crippen MR) is 139 cm³/mol. The van der Waals surface area contributed by atoms with Gasteiger partial charge in [-0.2, -0.15) is 0 Å². The molecule has 0 bridgehead atoms. The van der Waals surface area contributed by atoms with Gasteiger partial charge in [0.25, 0.3) is 0 Å². The molecule has 8 rings (SSSR count). The monoisotopic (exact) mass is 422 g/mol. The molecular weight excluding hydrogens is 400 g/mol. The van der Waals surface area contributed by atoms with Gasteiger partial charge in [-0.25, -0.2) is 0 Å². The minimum atomic E-state index is -0.207. The topological polar surface area (TPSA) is 8.82 Å². The van der Waals surface area contributed by atoms with Gasteiger partial charge < -0.3 is 8.80 Å². The molecule has 4 aromatic heterocycles. The Morgan fingerprint density at radius 1 is 0.485 bits per heavy atom. The third-order valence-electron chi connectivity index (χ3n) is 7.80. The molecule has 4 aromatic carbocycles. The first kappa shape index (κ1) is 17.5. The number of fused-ring (bicyclic) bond motifs is 6. The number of para-hydroxylation sites is 4. The molecule has 0 aliphatic rings. The first-order chi connectivity index (χ1) is 16.1. The normalized spacial score (nSPS) is 13.2. The Labute approximate surface area is 191 Å². The lowest BCUT2D eigenvalue weighted by atomic mass is 9.85. The third kappa shape index (κ3) is 1.96. The first-order valence-electron chi connectivity index (χ1n) is 11.6. The van der Waals surface area contributed by atoms with Crippen LogP contribution in [0.15, 0.2) is 97.1 Å². The second kappa shape index (κ2) is 5.65. The van der Waals surface area contributed by atoms with Crippen LogP contribution in [0.25, 0.3) is 54.4 Å². The number of hydrogen-bond donors (Lipinski definition) is 0. The smallest absolute Gasteiger partial charge is 0.0611 e. The second-order valence-electron chi connectivity index (χ2n) is 9.88. The molecule has 2 heteroatoms. The van der Waals surface area contributed by atoms with Crippen LogP contribution in [0.5, 0.6) is 0 Å². The standard InChI is InChI=1S/C31H22N2/c1-31(2,27-17-19-9-7-13-23-21-11-3-5-15-25(21)32(27)29(19)23)28-18-20-10-8-14-24-22-12-4-6-16-26(22)33(28)30(20)24/h3-18H,1-2H3. The summed E-state index contributed by atoms with van der Waals surface area (Å²) < 4.78 is 5.01. The lowest BCUT2D eigenvalue weighted by Crippen LogP contribution is -2.23. The van der Waals surface area contributed by atoms with Crippen LogP contribution in [0, 0.1) is 0 Å². The van der Waals surface area contributed by atoms with Crippen LogP contribution in [0.3, 0.4) is 0 Å². The summed E-state index contributed by atoms with van der Waals surface area (Å²) in [5, 5.41) is 7.95. The Balaban J connectivity index is 1.55. The number of aromatic nitrogens is 2. The van der Waals surface area contributed by atoms with Crippen molar-refractivity contribution in [2.24, 2.45) is 0 Å². The minimum Gasteiger partial charge on any atom is -0.311 e. The summed E-state index contributed by atoms with van der Waals surface area (Å²) in [5.41, 5.74) is 7.70. The molecule has 0 unspecified atom stereocenters. The maximum Gasteiger partial charge on any atom is 0.0611 e. The van der Waals surface area contributed by atoms with Crippen molar-refractivity contribution >= 4 is 54.4 Å². The van der Waals surface area contributed by atoms with Crippen LogP contribution in [-0.4, -0.2) is 8.80 Å². The van der Waals surface area contributed by atoms with Gasteiger partial charge in [0, 0.05) is 49.1 Å². The number of benzene rings is 4. The Hall–Kier alpha value is -4.04. The fourth-order valence-corrected chi connectivity index (χ4v) is 6.30. The molecule has 2 nitrogen and oxygen atoms in total. The molecule has 0 amide bonds. The number of hydrogen-bond acceptors (Lipinski definition) is 0. The summed E-state index contributed by atoms with van der Waals surface area (Å²) in [7, 11) is 0. The largest absolute Gasteiger partial charge is 0.311 e. The highest BCUT2D eigenvalue weighted by atomic mass is 15.0. The molecule has 156 valence electrons. The fraction of sp³-hybridized carbons (Fsp3) is 0.0968. The van der Waals surface area contributed by atoms with E-state index >= 15 is 0 Å². The van der Waals surface area contributed by atoms with Gasteiger partial charge in [-0.05, 0) is 38.1 Å². The summed E-state index contributed by atoms with van der Waals surface area (Å²) in [6, 6.07) is 35.8. The van der Waals surface area contributed by atoms with Gasteiger partial charge in [-0.15, -0.1) is 0 Å². The van der Waals surface area contributed by atoms with Crippen LogP contribution in [-0.2, 0) is 5.41 Å². The number of nitrogens with zero attached hydrogens (tertiary/aromatic N) is 2. The van der Waals surface area contributed by atoms with Crippen molar-refractivity contribution in [2.75, 3.05) is 0 Å². The lowest BCUT2D eigenvalue weighted by Gasteiger charge is -2.25. The van der Waals surface area contributed by atoms with E-state index in [1.807, 2.05) is 0 Å². The van der Waals surface area contributed by atoms with Crippen molar-refractivity contribution in [1.82, 2.24) is 8.80 Å². The zero-order valence-electron chi connectivity index (χ0n) is 18.6. The SMILES string of the molecule is CC(C)(c1cc2cccc3c4ccccc4n1c23)c1cc2cccc3c4ccccc4n1c23. The van der Waals surface area contributed by atoms with Crippen molar-refractivity contribution in [3.05, 3.63) is 108 Å². The molecule has 33 heavy (non-hydrogen) atoms. The Kier molecular flexibility index (Phi) is 3.00. The maximum absolute atomic E-state index is 2.51. The average molecular weight is 423 g/mol. The van der Waals surface area contributed by atoms with Gasteiger partial charge in [0.05, 0.1) is 22.1 Å². The van der Waals surface area contributed by atoms with Crippen molar-refractivity contribution in [3.63, 3.8) is 0 Å². The van der Waals surface area contributed by atoms with E-state index in [2.05, 4.69) is 120 Å². The van der Waals surface area contributed by atoms with E-state index in [1.165, 1.54) is 65.8 Å². The average Bonchev–Trinajstić information content (AvgIpc) is 3.59. The van der Waals surface area contributed by atoms with E-state index in [9.17, 15) is 0 Å². The molecule has 8 aromatic rings. The number of rotatable bonds is 2. The Bertz CT molecular complexity index is 1850. The molecule has 0 fully saturated rings. The van der Waals surface area contributed by atoms with Crippen LogP contribution in [0.1, 0.15) is 25.2 Å². The van der Waals surface area contributed by atoms with Gasteiger partial charge in [0.1, 0.15) is 0 Å². The van der Waals surface area contributed by atoms with E-state index in [1.54, 1.807) is 0 Å². The molecule has 0 radical (unpaired) electrons. The maximum atomic E-state index is 2.51. The Morgan fingerprint density at radius 2 is 0.909 bits per heavy atom. The summed E-state index contributed by atoms with van der Waals surface area (Å²) in [5.74, 6) is 0. The van der Waals surface area contributed by atoms with Gasteiger partial charge in [0.2, 0.25) is 0 Å². The molecular formula is C31H22N2. The van der Waals surface area contributed by atoms with E-state index in [0.717, 1.165) is 0 Å². The molecule has 0 N–H and O–H groups in total. The van der Waals surface area contributed by atoms with Crippen LogP contribution >= 0.6 is 0 Å². The molecule has 0 spiro atoms. The van der Waals surface area contributed by atoms with Crippen molar-refractivity contribution in [1.29, 1.82) is 0 Å². The van der Waals surface area contributed by atoms with Crippen LogP contribution in [0.2, 0.25) is 0 Å². The van der Waals surface area contributed by atoms with Gasteiger partial charge >= 0.3 is 0 Å². The minimum absolute atomic E-state index is 0.207. The van der Waals surface area contributed by atoms with E-state index in [4.69, 9.17) is 0 Å². The van der Waals surface area contributed by atoms with Crippen molar-refractivity contribution < 1.29 is 0 Å². The Morgan fingerprint density at radius 3 is 1.39 bits per heavy atom. The van der Waals surface area contributed by atoms with Gasteiger partial charge in [-0.1, -0.05) is 72.8 Å². The van der Waals surface area contributed by atoms with Gasteiger partial charge in [0.15, 0.2) is 0 Å². The van der Waals surface area contributed by atoms with E-state index in [-0.39, 0.29) is 5.41 Å². The third-order valence-corrected chi connectivity index (χ3v) is 7.80. The van der Waals surface area contributed by atoms with Crippen LogP contribution < -0.4 is 0 Å². The predicted octanol–water partition coefficient (Wildman–Crippen LogP) is 8.01. The molecule has 0 aliphatic carbocycles. The summed E-state index contributed by atoms with van der Waals surface area (Å²) in [6.45, 7) is 4.76. The molecule has 0 aliphatic heterocycles. The zero-order valence-corrected chi connectivity index (χ0v) is 18.6. The van der Waals surface area contributed by atoms with E-state index < -0.39 is 0 Å². The highest BCUT2D eigenvalue weighted by Gasteiger charge is 2.33. The van der Waals surface area contributed by atoms with Crippen LogP contribution in [0.4, 0.5) is 0 Å². The molecule has 0 saturated carbocycles. The highest BCUT2D eigenvalue weighted by Crippen LogP contribution is 2.44. The summed E-state index contributed by atoms with van der Waals surface area (Å²) in [4.78, 5) is 0. The quantitative estimate of drug-likeness (QED) is 0.267. The van der Waals surface area contributed by atoms with Gasteiger partial charge in [-0.3, -0.25) is 0 Å². The fourth-order valence-electron chi connectivity index (χ4n) is 6.30. The van der Waals surface area contributed by atoms with E-state index in [0.29, 0.717) is 0 Å². The highest BCUT2D eigenvalue weighted by molar-refractivity contribution is 6.16. The second-order valence-corrected chi connectivity index (χ2v) is 9.88. The lowest BCUT2D eigenvalue weighted by molar-refractivity contribution is 0.592.